The highest BCUT2D eigenvalue weighted by Crippen LogP contribution is 2.30. The molecule has 3 nitrogen and oxygen atoms in total. The van der Waals surface area contributed by atoms with Gasteiger partial charge in [-0.1, -0.05) is 38.1 Å². The van der Waals surface area contributed by atoms with Gasteiger partial charge in [-0.05, 0) is 31.0 Å². The van der Waals surface area contributed by atoms with Crippen LogP contribution in [0.15, 0.2) is 24.3 Å². The molecule has 4 heteroatoms. The van der Waals surface area contributed by atoms with E-state index < -0.39 is 0 Å². The van der Waals surface area contributed by atoms with Crippen LogP contribution < -0.4 is 5.32 Å². The lowest BCUT2D eigenvalue weighted by Crippen LogP contribution is -2.23. The smallest absolute Gasteiger partial charge is 0.115 e. The van der Waals surface area contributed by atoms with E-state index in [0.717, 1.165) is 18.0 Å². The van der Waals surface area contributed by atoms with Gasteiger partial charge in [-0.25, -0.2) is 4.98 Å². The maximum atomic E-state index is 5.34. The number of ether oxygens (including phenoxy) is 1. The zero-order valence-electron chi connectivity index (χ0n) is 13.3. The van der Waals surface area contributed by atoms with Crippen molar-refractivity contribution < 1.29 is 4.74 Å². The summed E-state index contributed by atoms with van der Waals surface area (Å²) in [5, 5.41) is 4.72. The van der Waals surface area contributed by atoms with Crippen molar-refractivity contribution in [3.05, 3.63) is 51.0 Å². The second-order valence-electron chi connectivity index (χ2n) is 5.03. The molecular weight excluding hydrogens is 280 g/mol. The molecule has 0 fully saturated rings. The van der Waals surface area contributed by atoms with Gasteiger partial charge in [0.15, 0.2) is 0 Å². The predicted octanol–water partition coefficient (Wildman–Crippen LogP) is 3.86. The summed E-state index contributed by atoms with van der Waals surface area (Å²) in [6, 6.07) is 8.59. The van der Waals surface area contributed by atoms with Gasteiger partial charge in [-0.2, -0.15) is 0 Å². The second kappa shape index (κ2) is 7.69. The Hall–Kier alpha value is -1.23. The van der Waals surface area contributed by atoms with E-state index in [0.29, 0.717) is 6.61 Å². The Morgan fingerprint density at radius 3 is 2.67 bits per heavy atom. The molecule has 114 valence electrons. The summed E-state index contributed by atoms with van der Waals surface area (Å²) in [5.74, 6) is 0. The van der Waals surface area contributed by atoms with Crippen LogP contribution in [0.1, 0.15) is 46.6 Å². The van der Waals surface area contributed by atoms with Crippen LogP contribution in [0.2, 0.25) is 0 Å². The average molecular weight is 304 g/mol. The molecule has 1 N–H and O–H groups in total. The number of aryl methyl sites for hydroxylation is 2. The van der Waals surface area contributed by atoms with Gasteiger partial charge in [-0.15, -0.1) is 11.3 Å². The lowest BCUT2D eigenvalue weighted by Gasteiger charge is -2.19. The van der Waals surface area contributed by atoms with Crippen LogP contribution in [0.5, 0.6) is 0 Å². The molecule has 2 aromatic rings. The van der Waals surface area contributed by atoms with Crippen molar-refractivity contribution in [2.24, 2.45) is 0 Å². The molecule has 0 aliphatic rings. The number of nitrogens with zero attached hydrogens (tertiary/aromatic N) is 1. The van der Waals surface area contributed by atoms with Crippen molar-refractivity contribution in [3.8, 4) is 0 Å². The van der Waals surface area contributed by atoms with Gasteiger partial charge >= 0.3 is 0 Å². The Bertz CT molecular complexity index is 580. The highest BCUT2D eigenvalue weighted by atomic mass is 32.1. The van der Waals surface area contributed by atoms with Crippen LogP contribution >= 0.6 is 11.3 Å². The highest BCUT2D eigenvalue weighted by molar-refractivity contribution is 7.11. The zero-order valence-corrected chi connectivity index (χ0v) is 14.1. The molecule has 0 saturated heterocycles. The Morgan fingerprint density at radius 1 is 1.29 bits per heavy atom. The fourth-order valence-electron chi connectivity index (χ4n) is 2.54. The molecule has 2 rings (SSSR count). The van der Waals surface area contributed by atoms with Gasteiger partial charge < -0.3 is 10.1 Å². The molecule has 0 amide bonds. The topological polar surface area (TPSA) is 34.2 Å². The molecule has 1 aromatic heterocycles. The fourth-order valence-corrected chi connectivity index (χ4v) is 3.64. The number of rotatable bonds is 7. The third-order valence-corrected chi connectivity index (χ3v) is 4.64. The molecule has 1 heterocycles. The summed E-state index contributed by atoms with van der Waals surface area (Å²) in [4.78, 5) is 6.16. The average Bonchev–Trinajstić information content (AvgIpc) is 2.87. The summed E-state index contributed by atoms with van der Waals surface area (Å²) >= 11 is 1.79. The molecule has 0 saturated carbocycles. The summed E-state index contributed by atoms with van der Waals surface area (Å²) in [6.45, 7) is 7.99. The highest BCUT2D eigenvalue weighted by Gasteiger charge is 2.20. The van der Waals surface area contributed by atoms with Gasteiger partial charge in [0.1, 0.15) is 5.01 Å². The SMILES string of the molecule is CCNC(c1nc(CC)c(C)s1)c1ccccc1COC. The first-order chi connectivity index (χ1) is 10.2. The van der Waals surface area contributed by atoms with Gasteiger partial charge in [0.05, 0.1) is 18.3 Å². The van der Waals surface area contributed by atoms with E-state index in [1.165, 1.54) is 21.7 Å². The first kappa shape index (κ1) is 16.1. The van der Waals surface area contributed by atoms with E-state index in [1.807, 2.05) is 0 Å². The minimum atomic E-state index is 0.144. The van der Waals surface area contributed by atoms with E-state index in [-0.39, 0.29) is 6.04 Å². The Labute approximate surface area is 131 Å². The lowest BCUT2D eigenvalue weighted by molar-refractivity contribution is 0.183. The summed E-state index contributed by atoms with van der Waals surface area (Å²) < 4.78 is 5.34. The Morgan fingerprint density at radius 2 is 2.05 bits per heavy atom. The van der Waals surface area contributed by atoms with Gasteiger partial charge in [0.25, 0.3) is 0 Å². The molecule has 1 aromatic carbocycles. The molecule has 0 radical (unpaired) electrons. The fraction of sp³-hybridized carbons (Fsp3) is 0.471. The van der Waals surface area contributed by atoms with Crippen LogP contribution in [-0.4, -0.2) is 18.6 Å². The number of thiazole rings is 1. The molecule has 0 aliphatic heterocycles. The molecule has 0 bridgehead atoms. The van der Waals surface area contributed by atoms with Crippen LogP contribution in [-0.2, 0) is 17.8 Å². The predicted molar refractivity (Wildman–Crippen MR) is 88.9 cm³/mol. The molecule has 1 unspecified atom stereocenters. The van der Waals surface area contributed by atoms with Crippen LogP contribution in [0.3, 0.4) is 0 Å². The third-order valence-electron chi connectivity index (χ3n) is 3.57. The monoisotopic (exact) mass is 304 g/mol. The molecule has 21 heavy (non-hydrogen) atoms. The molecule has 0 aliphatic carbocycles. The van der Waals surface area contributed by atoms with Crippen LogP contribution in [0.4, 0.5) is 0 Å². The van der Waals surface area contributed by atoms with E-state index in [9.17, 15) is 0 Å². The number of aromatic nitrogens is 1. The first-order valence-electron chi connectivity index (χ1n) is 7.47. The van der Waals surface area contributed by atoms with E-state index >= 15 is 0 Å². The number of hydrogen-bond acceptors (Lipinski definition) is 4. The Kier molecular flexibility index (Phi) is 5.91. The molecular formula is C17H24N2OS. The Balaban J connectivity index is 2.42. The second-order valence-corrected chi connectivity index (χ2v) is 6.27. The van der Waals surface area contributed by atoms with Crippen LogP contribution in [0.25, 0.3) is 0 Å². The standard InChI is InChI=1S/C17H24N2OS/c1-5-15-12(3)21-17(19-15)16(18-6-2)14-10-8-7-9-13(14)11-20-4/h7-10,16,18H,5-6,11H2,1-4H3. The summed E-state index contributed by atoms with van der Waals surface area (Å²) in [6.07, 6.45) is 0.987. The maximum absolute atomic E-state index is 5.34. The quantitative estimate of drug-likeness (QED) is 0.843. The van der Waals surface area contributed by atoms with Crippen molar-refractivity contribution >= 4 is 11.3 Å². The van der Waals surface area contributed by atoms with Crippen molar-refractivity contribution in [1.29, 1.82) is 0 Å². The van der Waals surface area contributed by atoms with Crippen molar-refractivity contribution in [2.75, 3.05) is 13.7 Å². The maximum Gasteiger partial charge on any atom is 0.115 e. The van der Waals surface area contributed by atoms with E-state index in [2.05, 4.69) is 50.4 Å². The lowest BCUT2D eigenvalue weighted by atomic mass is 10.0. The van der Waals surface area contributed by atoms with Gasteiger partial charge in [0.2, 0.25) is 0 Å². The number of benzene rings is 1. The van der Waals surface area contributed by atoms with Gasteiger partial charge in [0, 0.05) is 12.0 Å². The molecule has 0 spiro atoms. The van der Waals surface area contributed by atoms with Gasteiger partial charge in [-0.3, -0.25) is 0 Å². The normalized spacial score (nSPS) is 12.6. The minimum Gasteiger partial charge on any atom is -0.380 e. The summed E-state index contributed by atoms with van der Waals surface area (Å²) in [7, 11) is 1.74. The van der Waals surface area contributed by atoms with Crippen molar-refractivity contribution in [2.45, 2.75) is 39.8 Å². The molecule has 1 atom stereocenters. The largest absolute Gasteiger partial charge is 0.380 e. The van der Waals surface area contributed by atoms with E-state index in [1.54, 1.807) is 18.4 Å². The number of hydrogen-bond donors (Lipinski definition) is 1. The van der Waals surface area contributed by atoms with Crippen molar-refractivity contribution in [1.82, 2.24) is 10.3 Å². The minimum absolute atomic E-state index is 0.144. The van der Waals surface area contributed by atoms with E-state index in [4.69, 9.17) is 9.72 Å². The zero-order chi connectivity index (χ0) is 15.2. The first-order valence-corrected chi connectivity index (χ1v) is 8.29. The van der Waals surface area contributed by atoms with Crippen molar-refractivity contribution in [3.63, 3.8) is 0 Å². The number of methoxy groups -OCH3 is 1. The summed E-state index contributed by atoms with van der Waals surface area (Å²) in [5.41, 5.74) is 3.69. The third kappa shape index (κ3) is 3.70. The number of nitrogens with one attached hydrogen (secondary N) is 1. The van der Waals surface area contributed by atoms with Crippen LogP contribution in [0, 0.1) is 6.92 Å².